The number of hydrogen-bond acceptors (Lipinski definition) is 2. The largest absolute Gasteiger partial charge is 0.299 e. The van der Waals surface area contributed by atoms with E-state index in [1.165, 1.54) is 0 Å². The van der Waals surface area contributed by atoms with Crippen molar-refractivity contribution in [1.29, 1.82) is 0 Å². The van der Waals surface area contributed by atoms with Gasteiger partial charge in [-0.2, -0.15) is 13.1 Å². The molecule has 0 spiro atoms. The van der Waals surface area contributed by atoms with Gasteiger partial charge in [0, 0.05) is 14.1 Å². The van der Waals surface area contributed by atoms with E-state index in [-0.39, 0.29) is 0 Å². The Hall–Kier alpha value is -0.0500. The summed E-state index contributed by atoms with van der Waals surface area (Å²) < 4.78 is 29.3. The van der Waals surface area contributed by atoms with Crippen LogP contribution in [0.25, 0.3) is 0 Å². The Morgan fingerprint density at radius 2 is 1.88 bits per heavy atom. The Kier molecular flexibility index (Phi) is 4.67. The van der Waals surface area contributed by atoms with E-state index in [2.05, 4.69) is 9.44 Å². The number of anilines is 1. The summed E-state index contributed by atoms with van der Waals surface area (Å²) in [6, 6.07) is 4.96. The second-order valence-corrected chi connectivity index (χ2v) is 7.60. The van der Waals surface area contributed by atoms with Gasteiger partial charge in [0.05, 0.1) is 5.69 Å². The Bertz CT molecular complexity index is 512. The van der Waals surface area contributed by atoms with Gasteiger partial charge in [-0.05, 0) is 61.6 Å². The minimum atomic E-state index is -3.58. The van der Waals surface area contributed by atoms with Crippen molar-refractivity contribution in [2.24, 2.45) is 0 Å². The van der Waals surface area contributed by atoms with Gasteiger partial charge in [0.15, 0.2) is 0 Å². The Labute approximate surface area is 120 Å². The van der Waals surface area contributed by atoms with Crippen LogP contribution in [0, 0.1) is 3.57 Å². The maximum Gasteiger partial charge on any atom is 0.299 e. The molecule has 1 rings (SSSR count). The summed E-state index contributed by atoms with van der Waals surface area (Å²) in [6.07, 6.45) is 0. The van der Waals surface area contributed by atoms with Crippen molar-refractivity contribution in [3.63, 3.8) is 0 Å². The smallest absolute Gasteiger partial charge is 0.270 e. The zero-order valence-electron chi connectivity index (χ0n) is 9.71. The molecule has 0 bridgehead atoms. The summed E-state index contributed by atoms with van der Waals surface area (Å²) >= 11 is 7.82. The molecule has 0 amide bonds. The first kappa shape index (κ1) is 15.0. The number of halogens is 2. The molecule has 0 saturated carbocycles. The second kappa shape index (κ2) is 5.29. The van der Waals surface area contributed by atoms with E-state index in [0.717, 1.165) is 3.57 Å². The van der Waals surface area contributed by atoms with E-state index in [9.17, 15) is 8.42 Å². The minimum Gasteiger partial charge on any atom is -0.270 e. The average Bonchev–Trinajstić information content (AvgIpc) is 2.05. The molecule has 0 radical (unpaired) electrons. The van der Waals surface area contributed by atoms with Crippen LogP contribution < -0.4 is 9.44 Å². The van der Waals surface area contributed by atoms with Gasteiger partial charge in [-0.15, -0.1) is 0 Å². The fraction of sp³-hybridized carbons (Fsp3) is 0.400. The minimum absolute atomic E-state index is 0.506. The first-order valence-electron chi connectivity index (χ1n) is 4.86. The summed E-state index contributed by atoms with van der Waals surface area (Å²) in [7, 11) is -3.58. The second-order valence-electron chi connectivity index (χ2n) is 4.58. The standard InChI is InChI=1S/C10H14ClIN2O2S/c1-10(2,3)14-17(15,16)13-9-5-4-7(11)6-8(9)12/h4-6,13-14H,1-3H3. The fourth-order valence-corrected chi connectivity index (χ4v) is 3.66. The third kappa shape index (κ3) is 5.41. The van der Waals surface area contributed by atoms with E-state index in [1.54, 1.807) is 39.0 Å². The van der Waals surface area contributed by atoms with E-state index >= 15 is 0 Å². The number of hydrogen-bond donors (Lipinski definition) is 2. The van der Waals surface area contributed by atoms with Crippen molar-refractivity contribution < 1.29 is 8.42 Å². The molecule has 0 atom stereocenters. The van der Waals surface area contributed by atoms with Gasteiger partial charge < -0.3 is 0 Å². The van der Waals surface area contributed by atoms with Crippen molar-refractivity contribution in [1.82, 2.24) is 4.72 Å². The molecule has 2 N–H and O–H groups in total. The van der Waals surface area contributed by atoms with Crippen molar-refractivity contribution in [2.45, 2.75) is 26.3 Å². The zero-order chi connectivity index (χ0) is 13.3. The first-order valence-corrected chi connectivity index (χ1v) is 7.80. The number of nitrogens with one attached hydrogen (secondary N) is 2. The van der Waals surface area contributed by atoms with Crippen molar-refractivity contribution in [3.05, 3.63) is 26.8 Å². The Balaban J connectivity index is 2.91. The third-order valence-corrected chi connectivity index (χ3v) is 4.11. The van der Waals surface area contributed by atoms with Gasteiger partial charge in [-0.1, -0.05) is 11.6 Å². The first-order chi connectivity index (χ1) is 7.59. The van der Waals surface area contributed by atoms with Gasteiger partial charge in [0.2, 0.25) is 0 Å². The molecule has 0 heterocycles. The number of benzene rings is 1. The predicted octanol–water partition coefficient (Wildman–Crippen LogP) is 2.99. The van der Waals surface area contributed by atoms with Gasteiger partial charge in [0.25, 0.3) is 10.2 Å². The lowest BCUT2D eigenvalue weighted by atomic mass is 10.1. The highest BCUT2D eigenvalue weighted by molar-refractivity contribution is 14.1. The fourth-order valence-electron chi connectivity index (χ4n) is 1.15. The van der Waals surface area contributed by atoms with Crippen LogP contribution in [0.15, 0.2) is 18.2 Å². The molecule has 0 aliphatic heterocycles. The Morgan fingerprint density at radius 1 is 1.29 bits per heavy atom. The van der Waals surface area contributed by atoms with Gasteiger partial charge in [0.1, 0.15) is 0 Å². The third-order valence-electron chi connectivity index (χ3n) is 1.62. The lowest BCUT2D eigenvalue weighted by molar-refractivity contribution is 0.494. The quantitative estimate of drug-likeness (QED) is 0.782. The average molecular weight is 389 g/mol. The van der Waals surface area contributed by atoms with Crippen LogP contribution in [0.2, 0.25) is 5.02 Å². The van der Waals surface area contributed by atoms with E-state index in [0.29, 0.717) is 10.7 Å². The van der Waals surface area contributed by atoms with Gasteiger partial charge in [-0.25, -0.2) is 0 Å². The van der Waals surface area contributed by atoms with Crippen LogP contribution in [-0.4, -0.2) is 14.0 Å². The molecular formula is C10H14ClIN2O2S. The van der Waals surface area contributed by atoms with Crippen LogP contribution in [0.5, 0.6) is 0 Å². The highest BCUT2D eigenvalue weighted by Crippen LogP contribution is 2.23. The maximum absolute atomic E-state index is 11.8. The lowest BCUT2D eigenvalue weighted by Crippen LogP contribution is -2.43. The summed E-state index contributed by atoms with van der Waals surface area (Å²) in [5, 5.41) is 0.570. The molecule has 17 heavy (non-hydrogen) atoms. The Morgan fingerprint density at radius 3 is 2.35 bits per heavy atom. The topological polar surface area (TPSA) is 58.2 Å². The SMILES string of the molecule is CC(C)(C)NS(=O)(=O)Nc1ccc(Cl)cc1I. The van der Waals surface area contributed by atoms with Crippen LogP contribution in [0.4, 0.5) is 5.69 Å². The molecule has 7 heteroatoms. The number of rotatable bonds is 3. The highest BCUT2D eigenvalue weighted by Gasteiger charge is 2.20. The molecular weight excluding hydrogens is 375 g/mol. The van der Waals surface area contributed by atoms with Crippen molar-refractivity contribution in [3.8, 4) is 0 Å². The summed E-state index contributed by atoms with van der Waals surface area (Å²) in [5.74, 6) is 0. The monoisotopic (exact) mass is 388 g/mol. The van der Waals surface area contributed by atoms with Gasteiger partial charge in [-0.3, -0.25) is 4.72 Å². The predicted molar refractivity (Wildman–Crippen MR) is 79.6 cm³/mol. The molecule has 96 valence electrons. The molecule has 0 fully saturated rings. The van der Waals surface area contributed by atoms with Crippen LogP contribution in [-0.2, 0) is 10.2 Å². The molecule has 0 aliphatic rings. The van der Waals surface area contributed by atoms with Crippen molar-refractivity contribution in [2.75, 3.05) is 4.72 Å². The van der Waals surface area contributed by atoms with Crippen LogP contribution >= 0.6 is 34.2 Å². The van der Waals surface area contributed by atoms with E-state index < -0.39 is 15.7 Å². The van der Waals surface area contributed by atoms with Crippen LogP contribution in [0.3, 0.4) is 0 Å². The van der Waals surface area contributed by atoms with E-state index in [4.69, 9.17) is 11.6 Å². The van der Waals surface area contributed by atoms with Crippen LogP contribution in [0.1, 0.15) is 20.8 Å². The van der Waals surface area contributed by atoms with Crippen molar-refractivity contribution >= 4 is 50.1 Å². The molecule has 0 aliphatic carbocycles. The van der Waals surface area contributed by atoms with Gasteiger partial charge >= 0.3 is 0 Å². The lowest BCUT2D eigenvalue weighted by Gasteiger charge is -2.21. The molecule has 4 nitrogen and oxygen atoms in total. The molecule has 1 aromatic rings. The normalized spacial score (nSPS) is 12.5. The summed E-state index contributed by atoms with van der Waals surface area (Å²) in [5.41, 5.74) is -0.0179. The highest BCUT2D eigenvalue weighted by atomic mass is 127. The molecule has 0 aromatic heterocycles. The molecule has 0 saturated heterocycles. The summed E-state index contributed by atoms with van der Waals surface area (Å²) in [4.78, 5) is 0. The molecule has 1 aromatic carbocycles. The summed E-state index contributed by atoms with van der Waals surface area (Å²) in [6.45, 7) is 5.33. The molecule has 0 unspecified atom stereocenters. The van der Waals surface area contributed by atoms with E-state index in [1.807, 2.05) is 22.6 Å². The zero-order valence-corrected chi connectivity index (χ0v) is 13.4. The maximum atomic E-state index is 11.8.